The maximum atomic E-state index is 14.8. The Hall–Kier alpha value is -2.73. The van der Waals surface area contributed by atoms with Crippen molar-refractivity contribution in [3.8, 4) is 0 Å². The molecule has 0 saturated carbocycles. The Bertz CT molecular complexity index is 1230. The van der Waals surface area contributed by atoms with E-state index in [1.807, 2.05) is 31.3 Å². The number of carbonyl (C=O) groups is 1. The van der Waals surface area contributed by atoms with Gasteiger partial charge in [0.1, 0.15) is 11.4 Å². The molecule has 0 unspecified atom stereocenters. The fourth-order valence-corrected chi connectivity index (χ4v) is 5.20. The van der Waals surface area contributed by atoms with Crippen molar-refractivity contribution >= 4 is 28.6 Å². The number of benzene rings is 2. The summed E-state index contributed by atoms with van der Waals surface area (Å²) in [6, 6.07) is 14.3. The molecule has 1 saturated heterocycles. The first-order valence-corrected chi connectivity index (χ1v) is 13.8. The van der Waals surface area contributed by atoms with E-state index in [9.17, 15) is 22.4 Å². The zero-order valence-electron chi connectivity index (χ0n) is 20.9. The Morgan fingerprint density at radius 1 is 1.03 bits per heavy atom. The summed E-state index contributed by atoms with van der Waals surface area (Å²) in [5.74, 6) is -1.05. The number of piperidine rings is 1. The van der Waals surface area contributed by atoms with Gasteiger partial charge in [-0.3, -0.25) is 4.98 Å². The van der Waals surface area contributed by atoms with Crippen LogP contribution < -0.4 is 10.6 Å². The highest BCUT2D eigenvalue weighted by Crippen LogP contribution is 2.37. The highest BCUT2D eigenvalue weighted by Gasteiger charge is 2.41. The molecule has 0 aliphatic carbocycles. The Labute approximate surface area is 233 Å². The van der Waals surface area contributed by atoms with Crippen LogP contribution in [-0.4, -0.2) is 42.1 Å². The third-order valence-corrected chi connectivity index (χ3v) is 7.71. The van der Waals surface area contributed by atoms with Crippen LogP contribution in [0.2, 0.25) is 0 Å². The van der Waals surface area contributed by atoms with Crippen molar-refractivity contribution < 1.29 is 22.4 Å². The van der Waals surface area contributed by atoms with Gasteiger partial charge in [-0.2, -0.15) is 13.2 Å². The maximum absolute atomic E-state index is 14.8. The molecular weight excluding hydrogens is 611 g/mol. The molecule has 0 bridgehead atoms. The van der Waals surface area contributed by atoms with Gasteiger partial charge < -0.3 is 15.5 Å². The Morgan fingerprint density at radius 3 is 2.32 bits per heavy atom. The van der Waals surface area contributed by atoms with Crippen molar-refractivity contribution in [2.45, 2.75) is 41.4 Å². The first kappa shape index (κ1) is 28.3. The zero-order chi connectivity index (χ0) is 27.3. The molecule has 3 aromatic rings. The summed E-state index contributed by atoms with van der Waals surface area (Å²) in [7, 11) is 2.01. The molecule has 4 rings (SSSR count). The molecule has 1 fully saturated rings. The number of urea groups is 1. The van der Waals surface area contributed by atoms with E-state index in [4.69, 9.17) is 0 Å². The molecule has 1 aromatic heterocycles. The molecule has 0 radical (unpaired) electrons. The van der Waals surface area contributed by atoms with Gasteiger partial charge >= 0.3 is 12.2 Å². The van der Waals surface area contributed by atoms with Crippen LogP contribution in [0.5, 0.6) is 0 Å². The number of rotatable bonds is 7. The number of nitrogens with zero attached hydrogens (tertiary/aromatic N) is 2. The van der Waals surface area contributed by atoms with Crippen LogP contribution in [0.4, 0.5) is 22.4 Å². The Kier molecular flexibility index (Phi) is 8.92. The predicted molar refractivity (Wildman–Crippen MR) is 146 cm³/mol. The minimum Gasteiger partial charge on any atom is -0.335 e. The lowest BCUT2D eigenvalue weighted by Crippen LogP contribution is -2.55. The molecule has 5 nitrogen and oxygen atoms in total. The summed E-state index contributed by atoms with van der Waals surface area (Å²) in [6.07, 6.45) is -1.59. The number of halogens is 5. The Morgan fingerprint density at radius 2 is 1.71 bits per heavy atom. The molecule has 1 aliphatic heterocycles. The predicted octanol–water partition coefficient (Wildman–Crippen LogP) is 6.05. The van der Waals surface area contributed by atoms with E-state index < -0.39 is 29.1 Å². The standard InChI is InChI=1S/C28H29F4IN4O/c1-37-11-9-24(10-12-37)35-26(38)36-27(16-19-5-3-2-4-6-19,25-8-7-20(17-33)18-34-25)21-13-22(28(30,31)32)15-23(29)14-21/h2-8,13-15,18,24H,9-12,16-17H2,1H3,(H2,35,36,38)/t27-/m1/s1. The summed E-state index contributed by atoms with van der Waals surface area (Å²) in [6.45, 7) is 1.64. The summed E-state index contributed by atoms with van der Waals surface area (Å²) >= 11 is 2.19. The van der Waals surface area contributed by atoms with Crippen molar-refractivity contribution in [1.82, 2.24) is 20.5 Å². The van der Waals surface area contributed by atoms with Gasteiger partial charge in [-0.1, -0.05) is 59.0 Å². The second kappa shape index (κ2) is 12.0. The molecule has 38 heavy (non-hydrogen) atoms. The first-order valence-electron chi connectivity index (χ1n) is 12.3. The van der Waals surface area contributed by atoms with E-state index >= 15 is 0 Å². The molecule has 202 valence electrons. The fraction of sp³-hybridized carbons (Fsp3) is 0.357. The molecule has 1 aliphatic rings. The second-order valence-electron chi connectivity index (χ2n) is 9.66. The fourth-order valence-electron chi connectivity index (χ4n) is 4.75. The lowest BCUT2D eigenvalue weighted by molar-refractivity contribution is -0.137. The minimum absolute atomic E-state index is 0.0399. The molecule has 0 spiro atoms. The third kappa shape index (κ3) is 6.82. The molecule has 2 heterocycles. The van der Waals surface area contributed by atoms with Crippen LogP contribution in [0.25, 0.3) is 0 Å². The van der Waals surface area contributed by atoms with Crippen molar-refractivity contribution in [1.29, 1.82) is 0 Å². The van der Waals surface area contributed by atoms with E-state index in [0.717, 1.165) is 49.2 Å². The van der Waals surface area contributed by atoms with Gasteiger partial charge in [0, 0.05) is 23.1 Å². The van der Waals surface area contributed by atoms with Crippen molar-refractivity contribution in [2.75, 3.05) is 20.1 Å². The lowest BCUT2D eigenvalue weighted by Gasteiger charge is -2.37. The van der Waals surface area contributed by atoms with E-state index in [-0.39, 0.29) is 18.0 Å². The third-order valence-electron chi connectivity index (χ3n) is 6.83. The number of amides is 2. The zero-order valence-corrected chi connectivity index (χ0v) is 23.0. The van der Waals surface area contributed by atoms with Crippen LogP contribution in [-0.2, 0) is 22.6 Å². The quantitative estimate of drug-likeness (QED) is 0.188. The van der Waals surface area contributed by atoms with Gasteiger partial charge in [0.15, 0.2) is 0 Å². The highest BCUT2D eigenvalue weighted by atomic mass is 127. The number of hydrogen-bond donors (Lipinski definition) is 2. The summed E-state index contributed by atoms with van der Waals surface area (Å²) < 4.78 is 56.8. The van der Waals surface area contributed by atoms with Gasteiger partial charge in [0.05, 0.1) is 11.3 Å². The normalized spacial score (nSPS) is 16.6. The van der Waals surface area contributed by atoms with E-state index in [2.05, 4.69) is 43.1 Å². The van der Waals surface area contributed by atoms with Crippen molar-refractivity contribution in [3.63, 3.8) is 0 Å². The lowest BCUT2D eigenvalue weighted by atomic mass is 9.79. The first-order chi connectivity index (χ1) is 18.1. The number of likely N-dealkylation sites (tertiary alicyclic amines) is 1. The maximum Gasteiger partial charge on any atom is 0.416 e. The smallest absolute Gasteiger partial charge is 0.335 e. The minimum atomic E-state index is -4.77. The molecular formula is C28H29F4IN4O. The largest absolute Gasteiger partial charge is 0.416 e. The van der Waals surface area contributed by atoms with E-state index in [0.29, 0.717) is 16.2 Å². The molecule has 2 amide bonds. The van der Waals surface area contributed by atoms with Crippen LogP contribution in [0.3, 0.4) is 0 Å². The topological polar surface area (TPSA) is 57.3 Å². The van der Waals surface area contributed by atoms with Crippen LogP contribution in [0, 0.1) is 5.82 Å². The summed E-state index contributed by atoms with van der Waals surface area (Å²) in [5, 5.41) is 5.93. The van der Waals surface area contributed by atoms with Crippen molar-refractivity contribution in [2.24, 2.45) is 0 Å². The van der Waals surface area contributed by atoms with Crippen molar-refractivity contribution in [3.05, 3.63) is 101 Å². The average Bonchev–Trinajstić information content (AvgIpc) is 2.89. The summed E-state index contributed by atoms with van der Waals surface area (Å²) in [5.41, 5.74) is -0.790. The van der Waals surface area contributed by atoms with Gasteiger partial charge in [-0.15, -0.1) is 0 Å². The number of hydrogen-bond acceptors (Lipinski definition) is 3. The number of carbonyl (C=O) groups excluding carboxylic acids is 1. The van der Waals surface area contributed by atoms with Crippen LogP contribution >= 0.6 is 22.6 Å². The summed E-state index contributed by atoms with van der Waals surface area (Å²) in [4.78, 5) is 20.2. The van der Waals surface area contributed by atoms with Gasteiger partial charge in [0.25, 0.3) is 0 Å². The highest BCUT2D eigenvalue weighted by molar-refractivity contribution is 14.1. The van der Waals surface area contributed by atoms with Crippen LogP contribution in [0.1, 0.15) is 40.8 Å². The molecule has 10 heteroatoms. The van der Waals surface area contributed by atoms with Gasteiger partial charge in [-0.25, -0.2) is 9.18 Å². The average molecular weight is 640 g/mol. The SMILES string of the molecule is CN1CCC(NC(=O)N[C@](Cc2ccccc2)(c2cc(F)cc(C(F)(F)F)c2)c2ccc(CI)cn2)CC1. The number of nitrogens with one attached hydrogen (secondary N) is 2. The van der Waals surface area contributed by atoms with E-state index in [1.54, 1.807) is 24.4 Å². The van der Waals surface area contributed by atoms with Gasteiger partial charge in [-0.05, 0) is 73.9 Å². The number of aromatic nitrogens is 1. The number of alkyl halides is 4. The molecule has 2 N–H and O–H groups in total. The second-order valence-corrected chi connectivity index (χ2v) is 10.4. The van der Waals surface area contributed by atoms with E-state index in [1.165, 1.54) is 0 Å². The van der Waals surface area contributed by atoms with Crippen LogP contribution in [0.15, 0.2) is 66.9 Å². The molecule has 1 atom stereocenters. The molecule has 2 aromatic carbocycles. The monoisotopic (exact) mass is 640 g/mol. The Balaban J connectivity index is 1.84. The van der Waals surface area contributed by atoms with Gasteiger partial charge in [0.2, 0.25) is 0 Å². The number of pyridine rings is 1.